The largest absolute Gasteiger partial charge is 0.481 e. The van der Waals surface area contributed by atoms with E-state index in [0.717, 1.165) is 37.0 Å². The highest BCUT2D eigenvalue weighted by Gasteiger charge is 2.51. The predicted octanol–water partition coefficient (Wildman–Crippen LogP) is 2.65. The third-order valence-corrected chi connectivity index (χ3v) is 7.27. The molecule has 0 heterocycles. The van der Waals surface area contributed by atoms with Gasteiger partial charge in [0.05, 0.1) is 6.42 Å². The molecule has 28 heavy (non-hydrogen) atoms. The van der Waals surface area contributed by atoms with E-state index in [1.165, 1.54) is 19.3 Å². The molecule has 4 rings (SSSR count). The van der Waals surface area contributed by atoms with Gasteiger partial charge in [0, 0.05) is 24.0 Å². The number of hydrogen-bond acceptors (Lipinski definition) is 3. The van der Waals surface area contributed by atoms with Crippen LogP contribution in [0, 0.1) is 23.7 Å². The Kier molecular flexibility index (Phi) is 5.92. The maximum atomic E-state index is 12.4. The minimum atomic E-state index is -0.940. The predicted molar refractivity (Wildman–Crippen MR) is 106 cm³/mol. The monoisotopic (exact) mass is 393 g/mol. The Balaban J connectivity index is 1.43. The number of urea groups is 1. The zero-order valence-electron chi connectivity index (χ0n) is 17.3. The molecule has 0 aliphatic heterocycles. The first-order chi connectivity index (χ1) is 13.1. The van der Waals surface area contributed by atoms with E-state index in [1.54, 1.807) is 6.92 Å². The van der Waals surface area contributed by atoms with Gasteiger partial charge in [-0.3, -0.25) is 9.59 Å². The quantitative estimate of drug-likeness (QED) is 0.508. The molecular formula is C21H35N3O4. The molecular weight excluding hydrogens is 358 g/mol. The van der Waals surface area contributed by atoms with E-state index in [9.17, 15) is 14.4 Å². The van der Waals surface area contributed by atoms with E-state index in [1.807, 2.05) is 13.8 Å². The number of carbonyl (C=O) groups is 3. The standard InChI is InChI=1S/C21H35N3O4/c1-13(2)20(3,12-18(26)27)23-17(25)4-5-22-19(28)24-21-9-14-6-15(10-21)8-16(7-14)11-21/h13-16H,4-12H2,1-3H3,(H,23,25)(H,26,27)(H2,22,24,28). The van der Waals surface area contributed by atoms with Crippen LogP contribution in [0.3, 0.4) is 0 Å². The van der Waals surface area contributed by atoms with Crippen molar-refractivity contribution >= 4 is 17.9 Å². The zero-order valence-corrected chi connectivity index (χ0v) is 17.3. The smallest absolute Gasteiger partial charge is 0.315 e. The first-order valence-electron chi connectivity index (χ1n) is 10.7. The van der Waals surface area contributed by atoms with E-state index in [4.69, 9.17) is 5.11 Å². The highest BCUT2D eigenvalue weighted by atomic mass is 16.4. The number of carboxylic acids is 1. The van der Waals surface area contributed by atoms with Crippen LogP contribution < -0.4 is 16.0 Å². The van der Waals surface area contributed by atoms with E-state index in [-0.39, 0.29) is 42.8 Å². The Labute approximate surface area is 167 Å². The Bertz CT molecular complexity index is 598. The molecule has 4 aliphatic carbocycles. The molecule has 0 aromatic heterocycles. The number of hydrogen-bond donors (Lipinski definition) is 4. The molecule has 4 N–H and O–H groups in total. The van der Waals surface area contributed by atoms with Crippen molar-refractivity contribution in [3.63, 3.8) is 0 Å². The van der Waals surface area contributed by atoms with Crippen LogP contribution in [-0.4, -0.2) is 40.6 Å². The van der Waals surface area contributed by atoms with Crippen LogP contribution in [0.5, 0.6) is 0 Å². The number of rotatable bonds is 8. The number of carbonyl (C=O) groups excluding carboxylic acids is 2. The molecule has 0 spiro atoms. The van der Waals surface area contributed by atoms with Crippen LogP contribution in [0.2, 0.25) is 0 Å². The Hall–Kier alpha value is -1.79. The summed E-state index contributed by atoms with van der Waals surface area (Å²) in [4.78, 5) is 35.8. The number of nitrogens with one attached hydrogen (secondary N) is 3. The fourth-order valence-electron chi connectivity index (χ4n) is 5.93. The van der Waals surface area contributed by atoms with Crippen LogP contribution in [0.15, 0.2) is 0 Å². The average molecular weight is 394 g/mol. The van der Waals surface area contributed by atoms with E-state index in [0.29, 0.717) is 0 Å². The number of aliphatic carboxylic acids is 1. The lowest BCUT2D eigenvalue weighted by molar-refractivity contribution is -0.139. The topological polar surface area (TPSA) is 108 Å². The van der Waals surface area contributed by atoms with Crippen LogP contribution in [0.4, 0.5) is 4.79 Å². The van der Waals surface area contributed by atoms with Crippen LogP contribution in [0.25, 0.3) is 0 Å². The van der Waals surface area contributed by atoms with Crippen molar-refractivity contribution in [2.75, 3.05) is 6.54 Å². The highest BCUT2D eigenvalue weighted by Crippen LogP contribution is 2.55. The normalized spacial score (nSPS) is 32.6. The summed E-state index contributed by atoms with van der Waals surface area (Å²) in [5, 5.41) is 18.0. The summed E-state index contributed by atoms with van der Waals surface area (Å²) in [5.41, 5.74) is -0.844. The second kappa shape index (κ2) is 7.91. The van der Waals surface area contributed by atoms with Crippen molar-refractivity contribution in [3.8, 4) is 0 Å². The number of carboxylic acid groups (broad SMARTS) is 1. The van der Waals surface area contributed by atoms with Crippen molar-refractivity contribution in [1.82, 2.24) is 16.0 Å². The third-order valence-electron chi connectivity index (χ3n) is 7.27. The molecule has 7 heteroatoms. The Morgan fingerprint density at radius 2 is 1.61 bits per heavy atom. The summed E-state index contributed by atoms with van der Waals surface area (Å²) in [6, 6.07) is -0.188. The van der Waals surface area contributed by atoms with Gasteiger partial charge in [0.1, 0.15) is 0 Å². The van der Waals surface area contributed by atoms with Gasteiger partial charge < -0.3 is 21.1 Å². The first-order valence-corrected chi connectivity index (χ1v) is 10.7. The van der Waals surface area contributed by atoms with E-state index < -0.39 is 11.5 Å². The minimum Gasteiger partial charge on any atom is -0.481 e. The van der Waals surface area contributed by atoms with Gasteiger partial charge in [-0.2, -0.15) is 0 Å². The van der Waals surface area contributed by atoms with Crippen molar-refractivity contribution < 1.29 is 19.5 Å². The molecule has 0 radical (unpaired) electrons. The minimum absolute atomic E-state index is 0.0140. The van der Waals surface area contributed by atoms with Crippen LogP contribution >= 0.6 is 0 Å². The summed E-state index contributed by atoms with van der Waals surface area (Å²) < 4.78 is 0. The molecule has 0 aromatic carbocycles. The van der Waals surface area contributed by atoms with Crippen molar-refractivity contribution in [1.29, 1.82) is 0 Å². The summed E-state index contributed by atoms with van der Waals surface area (Å²) in [5.74, 6) is 1.10. The van der Waals surface area contributed by atoms with Crippen molar-refractivity contribution in [2.45, 2.75) is 83.2 Å². The Morgan fingerprint density at radius 3 is 2.07 bits per heavy atom. The third kappa shape index (κ3) is 4.78. The summed E-state index contributed by atoms with van der Waals surface area (Å²) in [6.07, 6.45) is 7.26. The van der Waals surface area contributed by atoms with Crippen LogP contribution in [0.1, 0.15) is 72.1 Å². The second-order valence-electron chi connectivity index (χ2n) is 10.0. The van der Waals surface area contributed by atoms with Crippen molar-refractivity contribution in [2.24, 2.45) is 23.7 Å². The fourth-order valence-corrected chi connectivity index (χ4v) is 5.93. The van der Waals surface area contributed by atoms with Gasteiger partial charge in [-0.15, -0.1) is 0 Å². The van der Waals surface area contributed by atoms with E-state index in [2.05, 4.69) is 16.0 Å². The van der Waals surface area contributed by atoms with Crippen LogP contribution in [-0.2, 0) is 9.59 Å². The summed E-state index contributed by atoms with van der Waals surface area (Å²) >= 11 is 0. The zero-order chi connectivity index (χ0) is 20.5. The molecule has 4 saturated carbocycles. The molecule has 0 aromatic rings. The Morgan fingerprint density at radius 1 is 1.07 bits per heavy atom. The van der Waals surface area contributed by atoms with Gasteiger partial charge in [-0.05, 0) is 69.1 Å². The lowest BCUT2D eigenvalue weighted by Gasteiger charge is -2.56. The van der Waals surface area contributed by atoms with Gasteiger partial charge in [0.25, 0.3) is 0 Å². The molecule has 158 valence electrons. The fraction of sp³-hybridized carbons (Fsp3) is 0.857. The maximum absolute atomic E-state index is 12.4. The van der Waals surface area contributed by atoms with Crippen molar-refractivity contribution in [3.05, 3.63) is 0 Å². The van der Waals surface area contributed by atoms with Gasteiger partial charge in [0.2, 0.25) is 5.91 Å². The maximum Gasteiger partial charge on any atom is 0.315 e. The van der Waals surface area contributed by atoms with Gasteiger partial charge >= 0.3 is 12.0 Å². The molecule has 4 bridgehead atoms. The first kappa shape index (κ1) is 20.9. The molecule has 1 unspecified atom stereocenters. The van der Waals surface area contributed by atoms with E-state index >= 15 is 0 Å². The van der Waals surface area contributed by atoms with Gasteiger partial charge in [-0.1, -0.05) is 13.8 Å². The van der Waals surface area contributed by atoms with Gasteiger partial charge in [0.15, 0.2) is 0 Å². The second-order valence-corrected chi connectivity index (χ2v) is 10.0. The lowest BCUT2D eigenvalue weighted by atomic mass is 9.53. The van der Waals surface area contributed by atoms with Gasteiger partial charge in [-0.25, -0.2) is 4.79 Å². The lowest BCUT2D eigenvalue weighted by Crippen LogP contribution is -2.61. The molecule has 1 atom stereocenters. The molecule has 4 fully saturated rings. The highest BCUT2D eigenvalue weighted by molar-refractivity contribution is 5.80. The average Bonchev–Trinajstić information content (AvgIpc) is 2.51. The SMILES string of the molecule is CC(C)C(C)(CC(=O)O)NC(=O)CCNC(=O)NC12CC3CC(CC(C3)C1)C2. The summed E-state index contributed by atoms with van der Waals surface area (Å²) in [7, 11) is 0. The molecule has 7 nitrogen and oxygen atoms in total. The molecule has 4 aliphatic rings. The summed E-state index contributed by atoms with van der Waals surface area (Å²) in [6.45, 7) is 5.77. The number of amides is 3. The molecule has 3 amide bonds. The molecule has 0 saturated heterocycles.